The average molecular weight is 201 g/mol. The summed E-state index contributed by atoms with van der Waals surface area (Å²) in [7, 11) is 1.98. The van der Waals surface area contributed by atoms with Crippen molar-refractivity contribution in [2.24, 2.45) is 7.05 Å². The Morgan fingerprint density at radius 2 is 2.00 bits per heavy atom. The van der Waals surface area contributed by atoms with Gasteiger partial charge < -0.3 is 4.57 Å². The number of aromatic nitrogens is 3. The molecule has 3 nitrogen and oxygen atoms in total. The van der Waals surface area contributed by atoms with Crippen LogP contribution in [0.15, 0.2) is 36.7 Å². The highest BCUT2D eigenvalue weighted by Gasteiger charge is 2.09. The van der Waals surface area contributed by atoms with E-state index in [0.29, 0.717) is 5.92 Å². The fraction of sp³-hybridized carbons (Fsp3) is 0.333. The zero-order valence-electron chi connectivity index (χ0n) is 9.09. The van der Waals surface area contributed by atoms with E-state index in [9.17, 15) is 0 Å². The maximum Gasteiger partial charge on any atom is 0.133 e. The number of rotatable bonds is 3. The zero-order chi connectivity index (χ0) is 10.7. The molecule has 0 saturated heterocycles. The molecule has 0 unspecified atom stereocenters. The van der Waals surface area contributed by atoms with Gasteiger partial charge in [0.25, 0.3) is 0 Å². The predicted octanol–water partition coefficient (Wildman–Crippen LogP) is 2.16. The average Bonchev–Trinajstić information content (AvgIpc) is 2.66. The number of aryl methyl sites for hydroxylation is 1. The second-order valence-corrected chi connectivity index (χ2v) is 3.87. The molecule has 0 saturated carbocycles. The van der Waals surface area contributed by atoms with Crippen molar-refractivity contribution in [3.63, 3.8) is 0 Å². The minimum atomic E-state index is 0.481. The molecular weight excluding hydrogens is 186 g/mol. The molecule has 0 radical (unpaired) electrons. The van der Waals surface area contributed by atoms with E-state index in [2.05, 4.69) is 41.4 Å². The summed E-state index contributed by atoms with van der Waals surface area (Å²) < 4.78 is 1.97. The maximum absolute atomic E-state index is 4.09. The molecule has 0 aliphatic carbocycles. The molecule has 2 aromatic rings. The lowest BCUT2D eigenvalue weighted by molar-refractivity contribution is 0.681. The van der Waals surface area contributed by atoms with E-state index in [1.807, 2.05) is 17.7 Å². The molecule has 0 bridgehead atoms. The molecule has 3 heteroatoms. The number of hydrogen-bond acceptors (Lipinski definition) is 2. The van der Waals surface area contributed by atoms with Gasteiger partial charge in [0.15, 0.2) is 0 Å². The van der Waals surface area contributed by atoms with Gasteiger partial charge in [0, 0.05) is 13.5 Å². The van der Waals surface area contributed by atoms with E-state index in [-0.39, 0.29) is 0 Å². The highest BCUT2D eigenvalue weighted by molar-refractivity contribution is 5.19. The SMILES string of the molecule is C[C@H](Cc1nncn1C)c1ccccc1. The van der Waals surface area contributed by atoms with Crippen LogP contribution in [0.25, 0.3) is 0 Å². The summed E-state index contributed by atoms with van der Waals surface area (Å²) in [5.41, 5.74) is 1.35. The molecule has 1 aromatic heterocycles. The Labute approximate surface area is 89.8 Å². The minimum Gasteiger partial charge on any atom is -0.321 e. The Balaban J connectivity index is 2.11. The van der Waals surface area contributed by atoms with Crippen molar-refractivity contribution in [2.45, 2.75) is 19.3 Å². The first-order valence-corrected chi connectivity index (χ1v) is 5.15. The summed E-state index contributed by atoms with van der Waals surface area (Å²) in [5, 5.41) is 7.98. The molecule has 0 fully saturated rings. The van der Waals surface area contributed by atoms with Gasteiger partial charge >= 0.3 is 0 Å². The van der Waals surface area contributed by atoms with Crippen molar-refractivity contribution in [3.8, 4) is 0 Å². The van der Waals surface area contributed by atoms with Crippen molar-refractivity contribution < 1.29 is 0 Å². The van der Waals surface area contributed by atoms with E-state index in [0.717, 1.165) is 12.2 Å². The molecule has 78 valence electrons. The Kier molecular flexibility index (Phi) is 2.81. The lowest BCUT2D eigenvalue weighted by Crippen LogP contribution is -2.04. The van der Waals surface area contributed by atoms with Gasteiger partial charge in [0.05, 0.1) is 0 Å². The monoisotopic (exact) mass is 201 g/mol. The van der Waals surface area contributed by atoms with Gasteiger partial charge in [-0.1, -0.05) is 37.3 Å². The van der Waals surface area contributed by atoms with Gasteiger partial charge in [-0.05, 0) is 11.5 Å². The highest BCUT2D eigenvalue weighted by atomic mass is 15.2. The third kappa shape index (κ3) is 2.24. The number of hydrogen-bond donors (Lipinski definition) is 0. The molecule has 0 amide bonds. The maximum atomic E-state index is 4.09. The second kappa shape index (κ2) is 4.26. The van der Waals surface area contributed by atoms with Crippen molar-refractivity contribution in [2.75, 3.05) is 0 Å². The lowest BCUT2D eigenvalue weighted by atomic mass is 9.98. The van der Waals surface area contributed by atoms with Crippen LogP contribution in [0.4, 0.5) is 0 Å². The van der Waals surface area contributed by atoms with Crippen molar-refractivity contribution in [1.82, 2.24) is 14.8 Å². The standard InChI is InChI=1S/C12H15N3/c1-10(11-6-4-3-5-7-11)8-12-14-13-9-15(12)2/h3-7,9-10H,8H2,1-2H3/t10-/m1/s1. The molecule has 0 aliphatic rings. The van der Waals surface area contributed by atoms with Crippen LogP contribution in [-0.4, -0.2) is 14.8 Å². The number of nitrogens with zero attached hydrogens (tertiary/aromatic N) is 3. The molecular formula is C12H15N3. The van der Waals surface area contributed by atoms with Crippen LogP contribution < -0.4 is 0 Å². The Hall–Kier alpha value is -1.64. The fourth-order valence-corrected chi connectivity index (χ4v) is 1.67. The van der Waals surface area contributed by atoms with E-state index in [1.165, 1.54) is 5.56 Å². The summed E-state index contributed by atoms with van der Waals surface area (Å²) in [6.45, 7) is 2.21. The Bertz CT molecular complexity index is 419. The third-order valence-electron chi connectivity index (χ3n) is 2.66. The largest absolute Gasteiger partial charge is 0.321 e. The smallest absolute Gasteiger partial charge is 0.133 e. The van der Waals surface area contributed by atoms with Gasteiger partial charge in [-0.2, -0.15) is 0 Å². The van der Waals surface area contributed by atoms with Gasteiger partial charge in [-0.15, -0.1) is 10.2 Å². The van der Waals surface area contributed by atoms with Crippen LogP contribution >= 0.6 is 0 Å². The van der Waals surface area contributed by atoms with E-state index in [1.54, 1.807) is 6.33 Å². The molecule has 2 rings (SSSR count). The summed E-state index contributed by atoms with van der Waals surface area (Å²) in [6.07, 6.45) is 2.67. The topological polar surface area (TPSA) is 30.7 Å². The fourth-order valence-electron chi connectivity index (χ4n) is 1.67. The molecule has 1 atom stereocenters. The normalized spacial score (nSPS) is 12.7. The predicted molar refractivity (Wildman–Crippen MR) is 59.6 cm³/mol. The van der Waals surface area contributed by atoms with E-state index in [4.69, 9.17) is 0 Å². The van der Waals surface area contributed by atoms with Crippen molar-refractivity contribution >= 4 is 0 Å². The Morgan fingerprint density at radius 1 is 1.27 bits per heavy atom. The van der Waals surface area contributed by atoms with Gasteiger partial charge in [0.2, 0.25) is 0 Å². The minimum absolute atomic E-state index is 0.481. The van der Waals surface area contributed by atoms with Crippen LogP contribution in [0.1, 0.15) is 24.2 Å². The van der Waals surface area contributed by atoms with Crippen molar-refractivity contribution in [3.05, 3.63) is 48.0 Å². The highest BCUT2D eigenvalue weighted by Crippen LogP contribution is 2.18. The first kappa shape index (κ1) is 9.90. The molecule has 0 spiro atoms. The van der Waals surface area contributed by atoms with Crippen LogP contribution in [0.3, 0.4) is 0 Å². The summed E-state index contributed by atoms with van der Waals surface area (Å²) >= 11 is 0. The second-order valence-electron chi connectivity index (χ2n) is 3.87. The quantitative estimate of drug-likeness (QED) is 0.762. The third-order valence-corrected chi connectivity index (χ3v) is 2.66. The van der Waals surface area contributed by atoms with Crippen LogP contribution in [0.5, 0.6) is 0 Å². The van der Waals surface area contributed by atoms with Crippen LogP contribution in [-0.2, 0) is 13.5 Å². The molecule has 0 N–H and O–H groups in total. The molecule has 1 heterocycles. The van der Waals surface area contributed by atoms with Crippen LogP contribution in [0, 0.1) is 0 Å². The van der Waals surface area contributed by atoms with Gasteiger partial charge in [0.1, 0.15) is 12.2 Å². The van der Waals surface area contributed by atoms with Gasteiger partial charge in [-0.3, -0.25) is 0 Å². The summed E-state index contributed by atoms with van der Waals surface area (Å²) in [4.78, 5) is 0. The first-order chi connectivity index (χ1) is 7.27. The summed E-state index contributed by atoms with van der Waals surface area (Å²) in [6, 6.07) is 10.5. The van der Waals surface area contributed by atoms with Crippen LogP contribution in [0.2, 0.25) is 0 Å². The number of benzene rings is 1. The molecule has 15 heavy (non-hydrogen) atoms. The zero-order valence-corrected chi connectivity index (χ0v) is 9.09. The molecule has 1 aromatic carbocycles. The first-order valence-electron chi connectivity index (χ1n) is 5.15. The van der Waals surface area contributed by atoms with Gasteiger partial charge in [-0.25, -0.2) is 0 Å². The van der Waals surface area contributed by atoms with E-state index >= 15 is 0 Å². The van der Waals surface area contributed by atoms with Crippen molar-refractivity contribution in [1.29, 1.82) is 0 Å². The summed E-state index contributed by atoms with van der Waals surface area (Å²) in [5.74, 6) is 1.51. The Morgan fingerprint density at radius 3 is 2.60 bits per heavy atom. The molecule has 0 aliphatic heterocycles. The van der Waals surface area contributed by atoms with E-state index < -0.39 is 0 Å². The lowest BCUT2D eigenvalue weighted by Gasteiger charge is -2.10.